The third-order valence-electron chi connectivity index (χ3n) is 2.96. The topological polar surface area (TPSA) is 52.5 Å². The molecule has 0 amide bonds. The number of rotatable bonds is 5. The first-order valence-corrected chi connectivity index (χ1v) is 6.45. The highest BCUT2D eigenvalue weighted by atomic mass is 35.5. The van der Waals surface area contributed by atoms with E-state index in [1.807, 2.05) is 30.3 Å². The van der Waals surface area contributed by atoms with Crippen LogP contribution in [0.15, 0.2) is 48.5 Å². The monoisotopic (exact) mass is 277 g/mol. The van der Waals surface area contributed by atoms with Gasteiger partial charge in [-0.2, -0.15) is 0 Å². The van der Waals surface area contributed by atoms with Crippen molar-refractivity contribution >= 4 is 11.6 Å². The zero-order valence-electron chi connectivity index (χ0n) is 10.4. The molecule has 4 heteroatoms. The van der Waals surface area contributed by atoms with Gasteiger partial charge in [-0.15, -0.1) is 0 Å². The van der Waals surface area contributed by atoms with Crippen molar-refractivity contribution in [2.75, 3.05) is 6.61 Å². The molecule has 1 atom stereocenters. The molecule has 0 radical (unpaired) electrons. The first kappa shape index (κ1) is 13.9. The molecular formula is C15H16ClNO2. The Morgan fingerprint density at radius 2 is 1.84 bits per heavy atom. The second-order valence-corrected chi connectivity index (χ2v) is 4.74. The van der Waals surface area contributed by atoms with Gasteiger partial charge in [0.15, 0.2) is 0 Å². The van der Waals surface area contributed by atoms with Gasteiger partial charge < -0.3 is 15.5 Å². The molecule has 0 saturated carbocycles. The van der Waals surface area contributed by atoms with E-state index in [2.05, 4.69) is 5.32 Å². The summed E-state index contributed by atoms with van der Waals surface area (Å²) in [5.74, 6) is 0.196. The number of phenols is 1. The van der Waals surface area contributed by atoms with Gasteiger partial charge in [-0.05, 0) is 23.8 Å². The van der Waals surface area contributed by atoms with Crippen molar-refractivity contribution in [2.45, 2.75) is 12.6 Å². The second kappa shape index (κ2) is 6.57. The van der Waals surface area contributed by atoms with Crippen LogP contribution in [0.2, 0.25) is 5.02 Å². The summed E-state index contributed by atoms with van der Waals surface area (Å²) >= 11 is 5.89. The Labute approximate surface area is 117 Å². The fourth-order valence-corrected chi connectivity index (χ4v) is 2.10. The van der Waals surface area contributed by atoms with E-state index in [-0.39, 0.29) is 18.4 Å². The minimum atomic E-state index is -0.167. The molecule has 0 aromatic heterocycles. The molecule has 0 bridgehead atoms. The van der Waals surface area contributed by atoms with E-state index < -0.39 is 0 Å². The van der Waals surface area contributed by atoms with Gasteiger partial charge in [0.05, 0.1) is 12.6 Å². The van der Waals surface area contributed by atoms with Crippen molar-refractivity contribution in [3.8, 4) is 5.75 Å². The van der Waals surface area contributed by atoms with E-state index in [0.29, 0.717) is 17.1 Å². The first-order chi connectivity index (χ1) is 9.20. The van der Waals surface area contributed by atoms with E-state index >= 15 is 0 Å². The zero-order chi connectivity index (χ0) is 13.7. The molecule has 100 valence electrons. The summed E-state index contributed by atoms with van der Waals surface area (Å²) in [5.41, 5.74) is 1.72. The first-order valence-electron chi connectivity index (χ1n) is 6.07. The van der Waals surface area contributed by atoms with Gasteiger partial charge in [0.25, 0.3) is 0 Å². The summed E-state index contributed by atoms with van der Waals surface area (Å²) in [6.07, 6.45) is 0. The van der Waals surface area contributed by atoms with Gasteiger partial charge in [0, 0.05) is 17.1 Å². The Kier molecular flexibility index (Phi) is 4.80. The van der Waals surface area contributed by atoms with E-state index in [9.17, 15) is 10.2 Å². The van der Waals surface area contributed by atoms with E-state index in [4.69, 9.17) is 11.6 Å². The molecule has 3 N–H and O–H groups in total. The highest BCUT2D eigenvalue weighted by molar-refractivity contribution is 6.30. The van der Waals surface area contributed by atoms with Crippen LogP contribution in [0.3, 0.4) is 0 Å². The summed E-state index contributed by atoms with van der Waals surface area (Å²) in [6, 6.07) is 14.4. The minimum Gasteiger partial charge on any atom is -0.508 e. The van der Waals surface area contributed by atoms with Crippen LogP contribution >= 0.6 is 11.6 Å². The lowest BCUT2D eigenvalue weighted by Gasteiger charge is -2.17. The maximum atomic E-state index is 9.73. The molecule has 0 fully saturated rings. The average molecular weight is 278 g/mol. The normalized spacial score (nSPS) is 12.3. The molecule has 0 heterocycles. The van der Waals surface area contributed by atoms with Gasteiger partial charge in [-0.25, -0.2) is 0 Å². The predicted octanol–water partition coefficient (Wildman–Crippen LogP) is 2.87. The van der Waals surface area contributed by atoms with Crippen molar-refractivity contribution in [1.82, 2.24) is 5.32 Å². The molecule has 2 aromatic carbocycles. The SMILES string of the molecule is OC[C@H](NCc1cc(Cl)ccc1O)c1ccccc1. The lowest BCUT2D eigenvalue weighted by Crippen LogP contribution is -2.23. The second-order valence-electron chi connectivity index (χ2n) is 4.30. The van der Waals surface area contributed by atoms with Crippen LogP contribution in [0, 0.1) is 0 Å². The molecule has 0 unspecified atom stereocenters. The Morgan fingerprint density at radius 1 is 1.11 bits per heavy atom. The Hall–Kier alpha value is -1.55. The number of hydrogen-bond donors (Lipinski definition) is 3. The number of aliphatic hydroxyl groups excluding tert-OH is 1. The zero-order valence-corrected chi connectivity index (χ0v) is 11.1. The van der Waals surface area contributed by atoms with Crippen LogP contribution in [0.5, 0.6) is 5.75 Å². The Bertz CT molecular complexity index is 531. The smallest absolute Gasteiger partial charge is 0.120 e. The number of phenolic OH excluding ortho intramolecular Hbond substituents is 1. The van der Waals surface area contributed by atoms with Gasteiger partial charge in [0.1, 0.15) is 5.75 Å². The molecule has 2 rings (SSSR count). The molecule has 0 aliphatic rings. The molecule has 2 aromatic rings. The molecule has 19 heavy (non-hydrogen) atoms. The summed E-state index contributed by atoms with van der Waals surface area (Å²) in [6.45, 7) is 0.428. The number of halogens is 1. The van der Waals surface area contributed by atoms with Gasteiger partial charge in [-0.1, -0.05) is 41.9 Å². The minimum absolute atomic E-state index is 0.00859. The Balaban J connectivity index is 2.06. The van der Waals surface area contributed by atoms with Crippen molar-refractivity contribution in [1.29, 1.82) is 0 Å². The van der Waals surface area contributed by atoms with Crippen LogP contribution in [-0.2, 0) is 6.54 Å². The number of aliphatic hydroxyl groups is 1. The van der Waals surface area contributed by atoms with Gasteiger partial charge in [0.2, 0.25) is 0 Å². The standard InChI is InChI=1S/C15H16ClNO2/c16-13-6-7-15(19)12(8-13)9-17-14(10-18)11-4-2-1-3-5-11/h1-8,14,17-19H,9-10H2/t14-/m0/s1. The van der Waals surface area contributed by atoms with Gasteiger partial charge in [-0.3, -0.25) is 0 Å². The molecule has 0 aliphatic carbocycles. The quantitative estimate of drug-likeness (QED) is 0.788. The van der Waals surface area contributed by atoms with Crippen molar-refractivity contribution in [3.63, 3.8) is 0 Å². The maximum Gasteiger partial charge on any atom is 0.120 e. The number of nitrogens with one attached hydrogen (secondary N) is 1. The van der Waals surface area contributed by atoms with E-state index in [1.165, 1.54) is 0 Å². The largest absolute Gasteiger partial charge is 0.508 e. The van der Waals surface area contributed by atoms with Crippen LogP contribution in [0.4, 0.5) is 0 Å². The lowest BCUT2D eigenvalue weighted by molar-refractivity contribution is 0.243. The summed E-state index contributed by atoms with van der Waals surface area (Å²) in [4.78, 5) is 0. The average Bonchev–Trinajstić information content (AvgIpc) is 2.44. The van der Waals surface area contributed by atoms with Crippen molar-refractivity contribution in [3.05, 3.63) is 64.7 Å². The highest BCUT2D eigenvalue weighted by Crippen LogP contribution is 2.22. The molecule has 3 nitrogen and oxygen atoms in total. The van der Waals surface area contributed by atoms with Gasteiger partial charge >= 0.3 is 0 Å². The lowest BCUT2D eigenvalue weighted by atomic mass is 10.1. The molecule has 0 aliphatic heterocycles. The Morgan fingerprint density at radius 3 is 2.53 bits per heavy atom. The number of aromatic hydroxyl groups is 1. The van der Waals surface area contributed by atoms with Crippen molar-refractivity contribution in [2.24, 2.45) is 0 Å². The highest BCUT2D eigenvalue weighted by Gasteiger charge is 2.10. The maximum absolute atomic E-state index is 9.73. The van der Waals surface area contributed by atoms with Crippen LogP contribution < -0.4 is 5.32 Å². The fraction of sp³-hybridized carbons (Fsp3) is 0.200. The van der Waals surface area contributed by atoms with E-state index in [1.54, 1.807) is 18.2 Å². The third-order valence-corrected chi connectivity index (χ3v) is 3.20. The summed E-state index contributed by atoms with van der Waals surface area (Å²) in [5, 5.41) is 22.9. The summed E-state index contributed by atoms with van der Waals surface area (Å²) in [7, 11) is 0. The van der Waals surface area contributed by atoms with Crippen LogP contribution in [0.1, 0.15) is 17.2 Å². The predicted molar refractivity (Wildman–Crippen MR) is 76.2 cm³/mol. The summed E-state index contributed by atoms with van der Waals surface area (Å²) < 4.78 is 0. The number of hydrogen-bond acceptors (Lipinski definition) is 3. The molecular weight excluding hydrogens is 262 g/mol. The third kappa shape index (κ3) is 3.70. The molecule has 0 saturated heterocycles. The van der Waals surface area contributed by atoms with Crippen LogP contribution in [0.25, 0.3) is 0 Å². The van der Waals surface area contributed by atoms with Crippen LogP contribution in [-0.4, -0.2) is 16.8 Å². The van der Waals surface area contributed by atoms with E-state index in [0.717, 1.165) is 5.56 Å². The fourth-order valence-electron chi connectivity index (χ4n) is 1.90. The van der Waals surface area contributed by atoms with Crippen molar-refractivity contribution < 1.29 is 10.2 Å². The number of benzene rings is 2. The molecule has 0 spiro atoms.